The number of amides is 1. The van der Waals surface area contributed by atoms with Crippen LogP contribution in [-0.4, -0.2) is 57.0 Å². The number of benzene rings is 2. The SMILES string of the molecule is COc1ccccc1-c1csc(NC(=O)c2ccc(S(=O)(=O)N3CCOCC3)cc2)n1. The van der Waals surface area contributed by atoms with Crippen LogP contribution in [0.5, 0.6) is 5.75 Å². The topological polar surface area (TPSA) is 97.8 Å². The number of ether oxygens (including phenoxy) is 2. The van der Waals surface area contributed by atoms with Crippen LogP contribution in [0.3, 0.4) is 0 Å². The fourth-order valence-corrected chi connectivity index (χ4v) is 5.31. The highest BCUT2D eigenvalue weighted by Gasteiger charge is 2.26. The Kier molecular flexibility index (Phi) is 6.33. The van der Waals surface area contributed by atoms with Crippen molar-refractivity contribution in [3.63, 3.8) is 0 Å². The number of nitrogens with one attached hydrogen (secondary N) is 1. The first kappa shape index (κ1) is 21.4. The van der Waals surface area contributed by atoms with E-state index in [-0.39, 0.29) is 10.8 Å². The number of aromatic nitrogens is 1. The summed E-state index contributed by atoms with van der Waals surface area (Å²) in [5, 5.41) is 5.04. The van der Waals surface area contributed by atoms with Crippen molar-refractivity contribution >= 4 is 32.4 Å². The lowest BCUT2D eigenvalue weighted by Gasteiger charge is -2.26. The third kappa shape index (κ3) is 4.62. The molecule has 31 heavy (non-hydrogen) atoms. The van der Waals surface area contributed by atoms with Gasteiger partial charge in [-0.3, -0.25) is 10.1 Å². The molecule has 0 saturated carbocycles. The normalized spacial score (nSPS) is 14.9. The van der Waals surface area contributed by atoms with Crippen LogP contribution in [0.1, 0.15) is 10.4 Å². The van der Waals surface area contributed by atoms with Crippen molar-refractivity contribution in [2.75, 3.05) is 38.7 Å². The molecule has 2 heterocycles. The fraction of sp³-hybridized carbons (Fsp3) is 0.238. The number of carbonyl (C=O) groups is 1. The molecule has 0 atom stereocenters. The molecule has 8 nitrogen and oxygen atoms in total. The first-order chi connectivity index (χ1) is 15.0. The molecule has 2 aromatic carbocycles. The Morgan fingerprint density at radius 3 is 2.55 bits per heavy atom. The van der Waals surface area contributed by atoms with Crippen LogP contribution >= 0.6 is 11.3 Å². The summed E-state index contributed by atoms with van der Waals surface area (Å²) in [5.41, 5.74) is 1.87. The highest BCUT2D eigenvalue weighted by atomic mass is 32.2. The zero-order valence-electron chi connectivity index (χ0n) is 16.8. The summed E-state index contributed by atoms with van der Waals surface area (Å²) in [6, 6.07) is 13.4. The summed E-state index contributed by atoms with van der Waals surface area (Å²) < 4.78 is 37.4. The third-order valence-electron chi connectivity index (χ3n) is 4.83. The van der Waals surface area contributed by atoms with Crippen molar-refractivity contribution in [2.24, 2.45) is 0 Å². The average Bonchev–Trinajstić information content (AvgIpc) is 3.28. The molecule has 1 aliphatic rings. The number of rotatable bonds is 6. The molecule has 0 spiro atoms. The van der Waals surface area contributed by atoms with E-state index in [9.17, 15) is 13.2 Å². The molecule has 162 valence electrons. The molecule has 10 heteroatoms. The number of para-hydroxylation sites is 1. The number of thiazole rings is 1. The fourth-order valence-electron chi connectivity index (χ4n) is 3.19. The molecule has 1 aromatic heterocycles. The lowest BCUT2D eigenvalue weighted by molar-refractivity contribution is 0.0730. The molecule has 1 fully saturated rings. The van der Waals surface area contributed by atoms with E-state index in [4.69, 9.17) is 9.47 Å². The van der Waals surface area contributed by atoms with E-state index in [1.807, 2.05) is 29.6 Å². The van der Waals surface area contributed by atoms with E-state index in [0.29, 0.717) is 48.4 Å². The van der Waals surface area contributed by atoms with E-state index >= 15 is 0 Å². The van der Waals surface area contributed by atoms with Crippen LogP contribution in [0.25, 0.3) is 11.3 Å². The minimum Gasteiger partial charge on any atom is -0.496 e. The zero-order valence-corrected chi connectivity index (χ0v) is 18.4. The Hall–Kier alpha value is -2.79. The van der Waals surface area contributed by atoms with E-state index in [2.05, 4.69) is 10.3 Å². The molecule has 1 N–H and O–H groups in total. The molecule has 1 saturated heterocycles. The van der Waals surface area contributed by atoms with Crippen LogP contribution in [0.2, 0.25) is 0 Å². The lowest BCUT2D eigenvalue weighted by Crippen LogP contribution is -2.40. The standard InChI is InChI=1S/C21H21N3O5S2/c1-28-19-5-3-2-4-17(19)18-14-30-21(22-18)23-20(25)15-6-8-16(9-7-15)31(26,27)24-10-12-29-13-11-24/h2-9,14H,10-13H2,1H3,(H,22,23,25). The van der Waals surface area contributed by atoms with Gasteiger partial charge < -0.3 is 9.47 Å². The smallest absolute Gasteiger partial charge is 0.257 e. The van der Waals surface area contributed by atoms with Crippen LogP contribution < -0.4 is 10.1 Å². The Bertz CT molecular complexity index is 1170. The third-order valence-corrected chi connectivity index (χ3v) is 7.50. The predicted octanol–water partition coefficient (Wildman–Crippen LogP) is 3.09. The molecular formula is C21H21N3O5S2. The number of nitrogens with zero attached hydrogens (tertiary/aromatic N) is 2. The van der Waals surface area contributed by atoms with Gasteiger partial charge in [-0.1, -0.05) is 12.1 Å². The Balaban J connectivity index is 1.47. The number of morpholine rings is 1. The highest BCUT2D eigenvalue weighted by Crippen LogP contribution is 2.32. The summed E-state index contributed by atoms with van der Waals surface area (Å²) in [4.78, 5) is 17.2. The summed E-state index contributed by atoms with van der Waals surface area (Å²) in [6.45, 7) is 1.40. The maximum absolute atomic E-state index is 12.7. The first-order valence-electron chi connectivity index (χ1n) is 9.57. The van der Waals surface area contributed by atoms with Crippen LogP contribution in [0.4, 0.5) is 5.13 Å². The van der Waals surface area contributed by atoms with Gasteiger partial charge in [0, 0.05) is 29.6 Å². The molecule has 1 amide bonds. The summed E-state index contributed by atoms with van der Waals surface area (Å²) in [5.74, 6) is 0.332. The Labute approximate surface area is 184 Å². The molecule has 3 aromatic rings. The lowest BCUT2D eigenvalue weighted by atomic mass is 10.1. The minimum absolute atomic E-state index is 0.152. The molecule has 1 aliphatic heterocycles. The highest BCUT2D eigenvalue weighted by molar-refractivity contribution is 7.89. The van der Waals surface area contributed by atoms with E-state index in [1.165, 1.54) is 39.9 Å². The molecule has 0 radical (unpaired) electrons. The van der Waals surface area contributed by atoms with Gasteiger partial charge in [0.05, 0.1) is 30.9 Å². The minimum atomic E-state index is -3.60. The maximum Gasteiger partial charge on any atom is 0.257 e. The van der Waals surface area contributed by atoms with Crippen molar-refractivity contribution in [1.29, 1.82) is 0 Å². The maximum atomic E-state index is 12.7. The van der Waals surface area contributed by atoms with Gasteiger partial charge in [0.15, 0.2) is 5.13 Å². The van der Waals surface area contributed by atoms with Gasteiger partial charge in [-0.2, -0.15) is 4.31 Å². The van der Waals surface area contributed by atoms with Crippen molar-refractivity contribution in [2.45, 2.75) is 4.90 Å². The van der Waals surface area contributed by atoms with Crippen LogP contribution in [0, 0.1) is 0 Å². The Morgan fingerprint density at radius 1 is 1.13 bits per heavy atom. The van der Waals surface area contributed by atoms with Gasteiger partial charge in [0.1, 0.15) is 5.75 Å². The Morgan fingerprint density at radius 2 is 1.84 bits per heavy atom. The second-order valence-electron chi connectivity index (χ2n) is 6.73. The van der Waals surface area contributed by atoms with Crippen LogP contribution in [-0.2, 0) is 14.8 Å². The number of anilines is 1. The van der Waals surface area contributed by atoms with Gasteiger partial charge in [0.2, 0.25) is 10.0 Å². The molecule has 4 rings (SSSR count). The molecule has 0 bridgehead atoms. The first-order valence-corrected chi connectivity index (χ1v) is 11.9. The quantitative estimate of drug-likeness (QED) is 0.608. The summed E-state index contributed by atoms with van der Waals surface area (Å²) in [6.07, 6.45) is 0. The monoisotopic (exact) mass is 459 g/mol. The van der Waals surface area contributed by atoms with E-state index in [0.717, 1.165) is 5.56 Å². The second-order valence-corrected chi connectivity index (χ2v) is 9.53. The number of carbonyl (C=O) groups excluding carboxylic acids is 1. The summed E-state index contributed by atoms with van der Waals surface area (Å²) in [7, 11) is -2.00. The van der Waals surface area contributed by atoms with Gasteiger partial charge >= 0.3 is 0 Å². The molecule has 0 unspecified atom stereocenters. The predicted molar refractivity (Wildman–Crippen MR) is 118 cm³/mol. The van der Waals surface area contributed by atoms with Crippen LogP contribution in [0.15, 0.2) is 58.8 Å². The van der Waals surface area contributed by atoms with Crippen molar-refractivity contribution in [1.82, 2.24) is 9.29 Å². The molecule has 0 aliphatic carbocycles. The van der Waals surface area contributed by atoms with Crippen molar-refractivity contribution < 1.29 is 22.7 Å². The van der Waals surface area contributed by atoms with Gasteiger partial charge in [-0.05, 0) is 36.4 Å². The zero-order chi connectivity index (χ0) is 21.8. The van der Waals surface area contributed by atoms with E-state index < -0.39 is 10.0 Å². The number of sulfonamides is 1. The van der Waals surface area contributed by atoms with Crippen molar-refractivity contribution in [3.05, 3.63) is 59.5 Å². The van der Waals surface area contributed by atoms with Gasteiger partial charge in [0.25, 0.3) is 5.91 Å². The summed E-state index contributed by atoms with van der Waals surface area (Å²) >= 11 is 1.30. The van der Waals surface area contributed by atoms with E-state index in [1.54, 1.807) is 7.11 Å². The molecular weight excluding hydrogens is 438 g/mol. The van der Waals surface area contributed by atoms with Gasteiger partial charge in [-0.25, -0.2) is 13.4 Å². The number of hydrogen-bond donors (Lipinski definition) is 1. The van der Waals surface area contributed by atoms with Gasteiger partial charge in [-0.15, -0.1) is 11.3 Å². The largest absolute Gasteiger partial charge is 0.496 e. The number of methoxy groups -OCH3 is 1. The van der Waals surface area contributed by atoms with Crippen molar-refractivity contribution in [3.8, 4) is 17.0 Å². The second kappa shape index (κ2) is 9.15. The number of hydrogen-bond acceptors (Lipinski definition) is 7. The average molecular weight is 460 g/mol.